The number of fused-ring (bicyclic) bond motifs is 5. The van der Waals surface area contributed by atoms with Crippen molar-refractivity contribution in [1.82, 2.24) is 5.32 Å². The highest BCUT2D eigenvalue weighted by Gasteiger charge is 2.65. The lowest BCUT2D eigenvalue weighted by Gasteiger charge is -2.64. The zero-order chi connectivity index (χ0) is 23.7. The van der Waals surface area contributed by atoms with Crippen LogP contribution in [0.15, 0.2) is 0 Å². The summed E-state index contributed by atoms with van der Waals surface area (Å²) < 4.78 is 0. The van der Waals surface area contributed by atoms with E-state index in [9.17, 15) is 19.8 Å². The van der Waals surface area contributed by atoms with Crippen molar-refractivity contribution in [2.24, 2.45) is 52.3 Å². The number of thioether (sulfide) groups is 1. The second-order valence-corrected chi connectivity index (χ2v) is 13.9. The molecule has 5 fully saturated rings. The number of aliphatic hydroxyl groups excluding tert-OH is 2. The Morgan fingerprint density at radius 3 is 2.39 bits per heavy atom. The lowest BCUT2D eigenvalue weighted by molar-refractivity contribution is -0.203. The molecule has 6 heteroatoms. The molecule has 186 valence electrons. The number of imide groups is 1. The fourth-order valence-electron chi connectivity index (χ4n) is 9.98. The predicted molar refractivity (Wildman–Crippen MR) is 130 cm³/mol. The van der Waals surface area contributed by atoms with E-state index in [2.05, 4.69) is 33.0 Å². The monoisotopic (exact) mass is 477 g/mol. The van der Waals surface area contributed by atoms with Crippen molar-refractivity contribution in [3.63, 3.8) is 0 Å². The molecule has 0 aromatic heterocycles. The van der Waals surface area contributed by atoms with E-state index in [4.69, 9.17) is 0 Å². The van der Waals surface area contributed by atoms with Gasteiger partial charge in [0.2, 0.25) is 5.91 Å². The average molecular weight is 478 g/mol. The first-order valence-corrected chi connectivity index (χ1v) is 14.4. The van der Waals surface area contributed by atoms with Crippen molar-refractivity contribution in [2.45, 2.75) is 103 Å². The first-order chi connectivity index (χ1) is 15.6. The van der Waals surface area contributed by atoms with Crippen molar-refractivity contribution in [1.29, 1.82) is 0 Å². The van der Waals surface area contributed by atoms with E-state index in [1.54, 1.807) is 0 Å². The van der Waals surface area contributed by atoms with E-state index in [0.717, 1.165) is 43.9 Å². The van der Waals surface area contributed by atoms with E-state index in [0.29, 0.717) is 35.5 Å². The van der Waals surface area contributed by atoms with Gasteiger partial charge in [-0.1, -0.05) is 45.9 Å². The number of amides is 2. The fourth-order valence-corrected chi connectivity index (χ4v) is 11.0. The van der Waals surface area contributed by atoms with Gasteiger partial charge in [-0.05, 0) is 104 Å². The normalized spacial score (nSPS) is 52.6. The van der Waals surface area contributed by atoms with E-state index < -0.39 is 0 Å². The predicted octanol–water partition coefficient (Wildman–Crippen LogP) is 4.99. The highest BCUT2D eigenvalue weighted by Crippen LogP contribution is 2.69. The van der Waals surface area contributed by atoms with E-state index in [1.807, 2.05) is 0 Å². The van der Waals surface area contributed by atoms with Crippen LogP contribution >= 0.6 is 11.8 Å². The van der Waals surface area contributed by atoms with Gasteiger partial charge in [-0.15, -0.1) is 0 Å². The molecule has 5 aliphatic rings. The Bertz CT molecular complexity index is 805. The summed E-state index contributed by atoms with van der Waals surface area (Å²) in [5.74, 6) is 2.96. The molecule has 2 amide bonds. The SMILES string of the molecule is CC[C@H]1[C@@H](O)C2C3CCC(C(C)CC4SC(=O)NC4=O)[C@@]3(C)CCC2[C@@]2(C)CC[C@@H](O)C[C@@H]12. The molecule has 0 aromatic carbocycles. The van der Waals surface area contributed by atoms with Gasteiger partial charge >= 0.3 is 0 Å². The van der Waals surface area contributed by atoms with Gasteiger partial charge in [0.15, 0.2) is 0 Å². The maximum atomic E-state index is 12.2. The van der Waals surface area contributed by atoms with Gasteiger partial charge in [-0.2, -0.15) is 0 Å². The summed E-state index contributed by atoms with van der Waals surface area (Å²) in [4.78, 5) is 23.9. The smallest absolute Gasteiger partial charge is 0.286 e. The van der Waals surface area contributed by atoms with Gasteiger partial charge in [-0.25, -0.2) is 0 Å². The average Bonchev–Trinajstić information content (AvgIpc) is 3.27. The highest BCUT2D eigenvalue weighted by atomic mass is 32.2. The Labute approximate surface area is 203 Å². The molecule has 0 spiro atoms. The molecular weight excluding hydrogens is 434 g/mol. The number of carbonyl (C=O) groups excluding carboxylic acids is 2. The van der Waals surface area contributed by atoms with Crippen LogP contribution in [-0.4, -0.2) is 38.8 Å². The highest BCUT2D eigenvalue weighted by molar-refractivity contribution is 8.15. The van der Waals surface area contributed by atoms with Gasteiger partial charge in [-0.3, -0.25) is 14.9 Å². The maximum absolute atomic E-state index is 12.2. The third-order valence-corrected chi connectivity index (χ3v) is 12.5. The number of hydrogen-bond acceptors (Lipinski definition) is 5. The minimum atomic E-state index is -0.268. The van der Waals surface area contributed by atoms with E-state index in [-0.39, 0.29) is 45.4 Å². The number of nitrogens with one attached hydrogen (secondary N) is 1. The summed E-state index contributed by atoms with van der Waals surface area (Å²) in [5, 5.41) is 24.3. The van der Waals surface area contributed by atoms with Gasteiger partial charge in [0.1, 0.15) is 0 Å². The van der Waals surface area contributed by atoms with Gasteiger partial charge in [0.05, 0.1) is 17.5 Å². The molecule has 6 unspecified atom stereocenters. The first kappa shape index (κ1) is 24.1. The third-order valence-electron chi connectivity index (χ3n) is 11.5. The minimum absolute atomic E-state index is 0.118. The molecule has 4 saturated carbocycles. The van der Waals surface area contributed by atoms with Crippen LogP contribution in [0.4, 0.5) is 4.79 Å². The Balaban J connectivity index is 1.39. The van der Waals surface area contributed by atoms with Gasteiger partial charge < -0.3 is 10.2 Å². The summed E-state index contributed by atoms with van der Waals surface area (Å²) in [7, 11) is 0. The molecule has 0 aromatic rings. The zero-order valence-corrected chi connectivity index (χ0v) is 21.6. The molecule has 4 aliphatic carbocycles. The van der Waals surface area contributed by atoms with Crippen molar-refractivity contribution in [3.05, 3.63) is 0 Å². The van der Waals surface area contributed by atoms with Gasteiger partial charge in [0.25, 0.3) is 5.24 Å². The maximum Gasteiger partial charge on any atom is 0.286 e. The van der Waals surface area contributed by atoms with E-state index >= 15 is 0 Å². The minimum Gasteiger partial charge on any atom is -0.393 e. The summed E-state index contributed by atoms with van der Waals surface area (Å²) in [6.07, 6.45) is 8.85. The van der Waals surface area contributed by atoms with Crippen LogP contribution < -0.4 is 5.32 Å². The summed E-state index contributed by atoms with van der Waals surface area (Å²) in [6.45, 7) is 9.47. The quantitative estimate of drug-likeness (QED) is 0.531. The second kappa shape index (κ2) is 8.51. The number of rotatable bonds is 4. The number of carbonyl (C=O) groups is 2. The van der Waals surface area contributed by atoms with Crippen LogP contribution in [0.1, 0.15) is 85.5 Å². The van der Waals surface area contributed by atoms with Crippen molar-refractivity contribution in [3.8, 4) is 0 Å². The molecule has 0 bridgehead atoms. The Morgan fingerprint density at radius 2 is 1.73 bits per heavy atom. The first-order valence-electron chi connectivity index (χ1n) is 13.5. The fraction of sp³-hybridized carbons (Fsp3) is 0.926. The second-order valence-electron chi connectivity index (χ2n) is 12.7. The standard InChI is InChI=1S/C27H43NO4S/c1-5-16-20-13-15(29)8-10-27(20,4)19-9-11-26(3)17(6-7-18(26)22(19)23(16)30)14(2)12-21-24(31)28-25(32)33-21/h14-23,29-30H,5-13H2,1-4H3,(H,28,31,32)/t14?,15-,16-,17?,18?,19?,20+,21?,22?,23-,26-,27-/m1/s1. The van der Waals surface area contributed by atoms with Crippen LogP contribution in [0.25, 0.3) is 0 Å². The van der Waals surface area contributed by atoms with Crippen molar-refractivity contribution in [2.75, 3.05) is 0 Å². The molecule has 5 nitrogen and oxygen atoms in total. The number of hydrogen-bond donors (Lipinski definition) is 3. The molecular formula is C27H43NO4S. The molecule has 3 N–H and O–H groups in total. The van der Waals surface area contributed by atoms with Crippen LogP contribution in [-0.2, 0) is 4.79 Å². The van der Waals surface area contributed by atoms with Crippen LogP contribution in [0.5, 0.6) is 0 Å². The summed E-state index contributed by atoms with van der Waals surface area (Å²) in [5.41, 5.74) is 0.425. The topological polar surface area (TPSA) is 86.6 Å². The molecule has 5 rings (SSSR count). The molecule has 0 radical (unpaired) electrons. The molecule has 1 heterocycles. The van der Waals surface area contributed by atoms with Crippen LogP contribution in [0, 0.1) is 52.3 Å². The summed E-state index contributed by atoms with van der Waals surface area (Å²) in [6, 6.07) is 0. The van der Waals surface area contributed by atoms with Crippen molar-refractivity contribution >= 4 is 22.9 Å². The Morgan fingerprint density at radius 1 is 1.03 bits per heavy atom. The zero-order valence-electron chi connectivity index (χ0n) is 20.8. The molecule has 1 saturated heterocycles. The lowest BCUT2D eigenvalue weighted by atomic mass is 9.41. The van der Waals surface area contributed by atoms with Crippen LogP contribution in [0.3, 0.4) is 0 Å². The third kappa shape index (κ3) is 3.64. The number of aliphatic hydroxyl groups is 2. The van der Waals surface area contributed by atoms with Crippen LogP contribution in [0.2, 0.25) is 0 Å². The molecule has 1 aliphatic heterocycles. The Kier molecular flexibility index (Phi) is 6.22. The van der Waals surface area contributed by atoms with E-state index in [1.165, 1.54) is 25.7 Å². The lowest BCUT2D eigenvalue weighted by Crippen LogP contribution is -2.62. The summed E-state index contributed by atoms with van der Waals surface area (Å²) >= 11 is 1.16. The molecule has 12 atom stereocenters. The molecule has 33 heavy (non-hydrogen) atoms. The van der Waals surface area contributed by atoms with Gasteiger partial charge in [0, 0.05) is 0 Å². The Hall–Kier alpha value is -0.590. The van der Waals surface area contributed by atoms with Crippen molar-refractivity contribution < 1.29 is 19.8 Å². The largest absolute Gasteiger partial charge is 0.393 e.